The lowest BCUT2D eigenvalue weighted by atomic mass is 9.99. The first-order valence-corrected chi connectivity index (χ1v) is 6.25. The van der Waals surface area contributed by atoms with Gasteiger partial charge in [0.05, 0.1) is 5.56 Å². The fourth-order valence-corrected chi connectivity index (χ4v) is 2.29. The van der Waals surface area contributed by atoms with Gasteiger partial charge in [-0.05, 0) is 30.2 Å². The minimum Gasteiger partial charge on any atom is -0.324 e. The molecule has 1 unspecified atom stereocenters. The van der Waals surface area contributed by atoms with E-state index in [4.69, 9.17) is 17.3 Å². The van der Waals surface area contributed by atoms with Gasteiger partial charge < -0.3 is 5.73 Å². The van der Waals surface area contributed by atoms with Crippen molar-refractivity contribution in [2.24, 2.45) is 5.73 Å². The van der Waals surface area contributed by atoms with E-state index >= 15 is 0 Å². The van der Waals surface area contributed by atoms with E-state index in [-0.39, 0.29) is 11.6 Å². The quantitative estimate of drug-likeness (QED) is 0.890. The third kappa shape index (κ3) is 2.94. The molecule has 0 saturated carbocycles. The summed E-state index contributed by atoms with van der Waals surface area (Å²) in [4.78, 5) is 3.75. The first kappa shape index (κ1) is 14.8. The highest BCUT2D eigenvalue weighted by Crippen LogP contribution is 2.37. The molecular weight excluding hydrogens is 289 g/mol. The number of rotatable bonds is 2. The molecule has 1 aromatic heterocycles. The molecule has 1 heterocycles. The Morgan fingerprint density at radius 2 is 1.95 bits per heavy atom. The number of hydrogen-bond acceptors (Lipinski definition) is 2. The molecule has 1 aromatic carbocycles. The van der Waals surface area contributed by atoms with E-state index in [2.05, 4.69) is 4.98 Å². The molecule has 0 saturated heterocycles. The molecule has 0 radical (unpaired) electrons. The number of alkyl halides is 3. The van der Waals surface area contributed by atoms with Crippen molar-refractivity contribution in [3.63, 3.8) is 0 Å². The summed E-state index contributed by atoms with van der Waals surface area (Å²) in [7, 11) is 0. The first-order valence-electron chi connectivity index (χ1n) is 5.87. The second-order valence-corrected chi connectivity index (χ2v) is 4.85. The van der Waals surface area contributed by atoms with Crippen molar-refractivity contribution in [3.8, 4) is 11.1 Å². The Morgan fingerprint density at radius 1 is 1.25 bits per heavy atom. The van der Waals surface area contributed by atoms with Crippen LogP contribution in [-0.4, -0.2) is 4.98 Å². The summed E-state index contributed by atoms with van der Waals surface area (Å²) < 4.78 is 38.9. The van der Waals surface area contributed by atoms with Crippen LogP contribution in [0.3, 0.4) is 0 Å². The van der Waals surface area contributed by atoms with Crippen LogP contribution in [0, 0.1) is 0 Å². The van der Waals surface area contributed by atoms with Crippen molar-refractivity contribution >= 4 is 11.6 Å². The third-order valence-electron chi connectivity index (χ3n) is 2.93. The van der Waals surface area contributed by atoms with Gasteiger partial charge in [0.1, 0.15) is 0 Å². The van der Waals surface area contributed by atoms with Gasteiger partial charge in [-0.15, -0.1) is 0 Å². The van der Waals surface area contributed by atoms with Crippen LogP contribution in [0.4, 0.5) is 13.2 Å². The van der Waals surface area contributed by atoms with E-state index in [1.807, 2.05) is 0 Å². The Kier molecular flexibility index (Phi) is 4.01. The highest BCUT2D eigenvalue weighted by Gasteiger charge is 2.33. The second kappa shape index (κ2) is 5.42. The predicted octanol–water partition coefficient (Wildman–Crippen LogP) is 4.44. The zero-order valence-corrected chi connectivity index (χ0v) is 11.3. The minimum absolute atomic E-state index is 0.00174. The van der Waals surface area contributed by atoms with Gasteiger partial charge in [-0.1, -0.05) is 23.7 Å². The first-order chi connectivity index (χ1) is 9.30. The SMILES string of the molecule is CC(N)c1ccc(-c2cnccc2C(F)(F)F)cc1Cl. The highest BCUT2D eigenvalue weighted by atomic mass is 35.5. The van der Waals surface area contributed by atoms with Crippen LogP contribution in [0.5, 0.6) is 0 Å². The maximum absolute atomic E-state index is 13.0. The van der Waals surface area contributed by atoms with Gasteiger partial charge in [0, 0.05) is 29.0 Å². The summed E-state index contributed by atoms with van der Waals surface area (Å²) >= 11 is 6.06. The summed E-state index contributed by atoms with van der Waals surface area (Å²) in [6, 6.07) is 5.34. The number of hydrogen-bond donors (Lipinski definition) is 1. The summed E-state index contributed by atoms with van der Waals surface area (Å²) in [6.07, 6.45) is -2.14. The summed E-state index contributed by atoms with van der Waals surface area (Å²) in [5.74, 6) is 0. The zero-order valence-electron chi connectivity index (χ0n) is 10.6. The van der Waals surface area contributed by atoms with Crippen LogP contribution >= 0.6 is 11.6 Å². The third-order valence-corrected chi connectivity index (χ3v) is 3.26. The molecule has 0 bridgehead atoms. The number of aromatic nitrogens is 1. The van der Waals surface area contributed by atoms with Crippen molar-refractivity contribution < 1.29 is 13.2 Å². The lowest BCUT2D eigenvalue weighted by molar-refractivity contribution is -0.137. The average molecular weight is 301 g/mol. The largest absolute Gasteiger partial charge is 0.417 e. The molecule has 0 aliphatic heterocycles. The molecule has 106 valence electrons. The minimum atomic E-state index is -4.44. The molecule has 2 aromatic rings. The van der Waals surface area contributed by atoms with Gasteiger partial charge in [0.15, 0.2) is 0 Å². The Labute approximate surface area is 119 Å². The molecule has 6 heteroatoms. The van der Waals surface area contributed by atoms with Gasteiger partial charge in [-0.25, -0.2) is 0 Å². The average Bonchev–Trinajstić information content (AvgIpc) is 2.37. The molecule has 2 N–H and O–H groups in total. The Morgan fingerprint density at radius 3 is 2.50 bits per heavy atom. The van der Waals surface area contributed by atoms with Crippen LogP contribution in [0.15, 0.2) is 36.7 Å². The van der Waals surface area contributed by atoms with E-state index in [0.29, 0.717) is 16.1 Å². The van der Waals surface area contributed by atoms with Gasteiger partial charge in [-0.2, -0.15) is 13.2 Å². The lowest BCUT2D eigenvalue weighted by Crippen LogP contribution is -2.08. The predicted molar refractivity (Wildman–Crippen MR) is 72.3 cm³/mol. The molecule has 0 fully saturated rings. The molecule has 0 aliphatic rings. The van der Waals surface area contributed by atoms with Gasteiger partial charge in [0.25, 0.3) is 0 Å². The Hall–Kier alpha value is -1.59. The second-order valence-electron chi connectivity index (χ2n) is 4.44. The van der Waals surface area contributed by atoms with Crippen LogP contribution in [-0.2, 0) is 6.18 Å². The fourth-order valence-electron chi connectivity index (χ4n) is 1.94. The number of pyridine rings is 1. The van der Waals surface area contributed by atoms with E-state index in [1.54, 1.807) is 19.1 Å². The highest BCUT2D eigenvalue weighted by molar-refractivity contribution is 6.31. The van der Waals surface area contributed by atoms with Crippen molar-refractivity contribution in [1.82, 2.24) is 4.98 Å². The van der Waals surface area contributed by atoms with Crippen LogP contribution < -0.4 is 5.73 Å². The number of halogens is 4. The molecule has 1 atom stereocenters. The normalized spacial score (nSPS) is 13.3. The summed E-state index contributed by atoms with van der Waals surface area (Å²) in [6.45, 7) is 1.76. The molecule has 2 nitrogen and oxygen atoms in total. The maximum Gasteiger partial charge on any atom is 0.417 e. The standard InChI is InChI=1S/C14H12ClF3N2/c1-8(19)10-3-2-9(6-13(10)15)11-7-20-5-4-12(11)14(16,17)18/h2-8H,19H2,1H3. The van der Waals surface area contributed by atoms with E-state index in [1.165, 1.54) is 12.3 Å². The molecule has 0 spiro atoms. The Balaban J connectivity index is 2.56. The van der Waals surface area contributed by atoms with Gasteiger partial charge in [-0.3, -0.25) is 4.98 Å². The summed E-state index contributed by atoms with van der Waals surface area (Å²) in [5, 5.41) is 0.342. The topological polar surface area (TPSA) is 38.9 Å². The monoisotopic (exact) mass is 300 g/mol. The van der Waals surface area contributed by atoms with Gasteiger partial charge >= 0.3 is 6.18 Å². The molecular formula is C14H12ClF3N2. The van der Waals surface area contributed by atoms with Gasteiger partial charge in [0.2, 0.25) is 0 Å². The fraction of sp³-hybridized carbons (Fsp3) is 0.214. The van der Waals surface area contributed by atoms with E-state index in [9.17, 15) is 13.2 Å². The number of benzene rings is 1. The number of nitrogens with two attached hydrogens (primary N) is 1. The zero-order chi connectivity index (χ0) is 14.9. The van der Waals surface area contributed by atoms with Crippen molar-refractivity contribution in [3.05, 3.63) is 52.8 Å². The molecule has 0 amide bonds. The van der Waals surface area contributed by atoms with E-state index < -0.39 is 11.7 Å². The van der Waals surface area contributed by atoms with Crippen LogP contribution in [0.25, 0.3) is 11.1 Å². The van der Waals surface area contributed by atoms with Crippen molar-refractivity contribution in [1.29, 1.82) is 0 Å². The lowest BCUT2D eigenvalue weighted by Gasteiger charge is -2.14. The maximum atomic E-state index is 13.0. The smallest absolute Gasteiger partial charge is 0.324 e. The Bertz CT molecular complexity index is 624. The molecule has 2 rings (SSSR count). The summed E-state index contributed by atoms with van der Waals surface area (Å²) in [5.41, 5.74) is 6.03. The van der Waals surface area contributed by atoms with Crippen LogP contribution in [0.1, 0.15) is 24.1 Å². The number of nitrogens with zero attached hydrogens (tertiary/aromatic N) is 1. The van der Waals surface area contributed by atoms with E-state index in [0.717, 1.165) is 12.3 Å². The molecule has 20 heavy (non-hydrogen) atoms. The van der Waals surface area contributed by atoms with Crippen molar-refractivity contribution in [2.75, 3.05) is 0 Å². The van der Waals surface area contributed by atoms with Crippen molar-refractivity contribution in [2.45, 2.75) is 19.1 Å². The molecule has 0 aliphatic carbocycles. The van der Waals surface area contributed by atoms with Crippen LogP contribution in [0.2, 0.25) is 5.02 Å².